The summed E-state index contributed by atoms with van der Waals surface area (Å²) in [6.45, 7) is 0. The van der Waals surface area contributed by atoms with Crippen LogP contribution in [0, 0.1) is 0 Å². The van der Waals surface area contributed by atoms with Gasteiger partial charge in [-0.15, -0.1) is 0 Å². The second kappa shape index (κ2) is 29.2. The molecule has 4 nitrogen and oxygen atoms in total. The van der Waals surface area contributed by atoms with Gasteiger partial charge in [-0.25, -0.2) is 0 Å². The standard InChI is InChI=1S/3Cs.3K.H3O4P.3H/c;;;;;;1-5(2,3)4;;;/h;;;;;;(H3,1,2,3,4);;;/q6*+1;;3*-1/p-3. The average Bonchev–Trinajstić information content (AvgIpc) is 0.722. The first-order valence-electron chi connectivity index (χ1n) is 0.730. The van der Waals surface area contributed by atoms with Crippen LogP contribution in [0.25, 0.3) is 0 Å². The predicted molar refractivity (Wildman–Crippen MR) is 10.9 cm³/mol. The summed E-state index contributed by atoms with van der Waals surface area (Å²) in [5, 5.41) is 0. The van der Waals surface area contributed by atoms with E-state index in [2.05, 4.69) is 0 Å². The maximum absolute atomic E-state index is 8.55. The van der Waals surface area contributed by atoms with Gasteiger partial charge in [-0.3, -0.25) is 0 Å². The molecule has 0 aliphatic rings. The zero-order chi connectivity index (χ0) is 4.50. The van der Waals surface area contributed by atoms with Crippen molar-refractivity contribution in [3.63, 3.8) is 0 Å². The van der Waals surface area contributed by atoms with Crippen LogP contribution < -0.4 is 376 Å². The molecule has 38 valence electrons. The van der Waals surface area contributed by atoms with Crippen molar-refractivity contribution >= 4 is 7.82 Å². The largest absolute Gasteiger partial charge is 1.00 e. The summed E-state index contributed by atoms with van der Waals surface area (Å²) in [7, 11) is -5.39. The van der Waals surface area contributed by atoms with Crippen LogP contribution in [-0.4, -0.2) is 0 Å². The van der Waals surface area contributed by atoms with Crippen molar-refractivity contribution in [2.75, 3.05) is 0 Å². The van der Waals surface area contributed by atoms with Gasteiger partial charge in [0.25, 0.3) is 0 Å². The molecule has 0 amide bonds. The van der Waals surface area contributed by atoms with E-state index in [4.69, 9.17) is 19.2 Å². The summed E-state index contributed by atoms with van der Waals surface area (Å²) in [4.78, 5) is 25.6. The van der Waals surface area contributed by atoms with Crippen molar-refractivity contribution in [3.8, 4) is 0 Å². The van der Waals surface area contributed by atoms with Crippen molar-refractivity contribution in [3.05, 3.63) is 0 Å². The van der Waals surface area contributed by atoms with Gasteiger partial charge in [-0.2, -0.15) is 7.82 Å². The van der Waals surface area contributed by atoms with E-state index in [1.807, 2.05) is 0 Å². The molecule has 0 saturated heterocycles. The maximum Gasteiger partial charge on any atom is 1.00 e. The molecule has 0 radical (unpaired) electrons. The molecular weight excluding hydrogens is 611 g/mol. The molecule has 0 spiro atoms. The molecule has 0 aromatic heterocycles. The summed E-state index contributed by atoms with van der Waals surface area (Å²) in [5.41, 5.74) is 0. The van der Waals surface area contributed by atoms with Gasteiger partial charge in [0.2, 0.25) is 0 Å². The molecule has 0 unspecified atom stereocenters. The molecule has 11 heteroatoms. The third-order valence-electron chi connectivity index (χ3n) is 0. The van der Waals surface area contributed by atoms with Gasteiger partial charge in [0, 0.05) is 0 Å². The van der Waals surface area contributed by atoms with Gasteiger partial charge in [0.05, 0.1) is 0 Å². The van der Waals surface area contributed by atoms with Gasteiger partial charge in [0.1, 0.15) is 0 Å². The van der Waals surface area contributed by atoms with E-state index in [1.165, 1.54) is 0 Å². The Morgan fingerprint density at radius 3 is 0.818 bits per heavy atom. The molecule has 0 fully saturated rings. The Hall–Kier alpha value is 11.2. The van der Waals surface area contributed by atoms with E-state index in [-0.39, 0.29) is 365 Å². The fourth-order valence-electron chi connectivity index (χ4n) is 0. The number of hydrogen-bond acceptors (Lipinski definition) is 4. The van der Waals surface area contributed by atoms with Crippen LogP contribution in [0.1, 0.15) is 4.28 Å². The van der Waals surface area contributed by atoms with Crippen LogP contribution in [0.2, 0.25) is 0 Å². The minimum absolute atomic E-state index is 0. The van der Waals surface area contributed by atoms with Crippen LogP contribution in [0.5, 0.6) is 0 Å². The Balaban J connectivity index is -0.00000000222. The molecule has 0 aromatic carbocycles. The Morgan fingerprint density at radius 1 is 0.818 bits per heavy atom. The third kappa shape index (κ3) is 62.3. The molecule has 0 aliphatic carbocycles. The zero-order valence-electron chi connectivity index (χ0n) is 11.1. The van der Waals surface area contributed by atoms with Crippen molar-refractivity contribution < 1.29 is 384 Å². The average molecular weight is 614 g/mol. The van der Waals surface area contributed by atoms with E-state index < -0.39 is 7.82 Å². The predicted octanol–water partition coefficient (Wildman–Crippen LogP) is -20.5. The Labute approximate surface area is 375 Å². The number of phosphoric acid groups is 1. The maximum atomic E-state index is 8.55. The van der Waals surface area contributed by atoms with E-state index in [0.29, 0.717) is 0 Å². The SMILES string of the molecule is O=P([O-])([O-])[O-].[Cs+].[Cs+].[Cs+].[H-].[H-].[H-].[K+].[K+].[K+]. The van der Waals surface area contributed by atoms with E-state index >= 15 is 0 Å². The first kappa shape index (κ1) is 43.2. The molecule has 0 aliphatic heterocycles. The summed E-state index contributed by atoms with van der Waals surface area (Å²) in [6.07, 6.45) is 0. The van der Waals surface area contributed by atoms with Gasteiger partial charge in [0.15, 0.2) is 0 Å². The van der Waals surface area contributed by atoms with Gasteiger partial charge in [-0.05, 0) is 0 Å². The van der Waals surface area contributed by atoms with E-state index in [0.717, 1.165) is 0 Å². The van der Waals surface area contributed by atoms with Gasteiger partial charge < -0.3 is 23.5 Å². The number of rotatable bonds is 0. The summed E-state index contributed by atoms with van der Waals surface area (Å²) in [6, 6.07) is 0. The summed E-state index contributed by atoms with van der Waals surface area (Å²) >= 11 is 0. The normalized spacial score (nSPS) is 5.36. The molecule has 0 saturated carbocycles. The van der Waals surface area contributed by atoms with Crippen LogP contribution >= 0.6 is 7.82 Å². The molecule has 0 rings (SSSR count). The van der Waals surface area contributed by atoms with Crippen molar-refractivity contribution in [2.24, 2.45) is 0 Å². The topological polar surface area (TPSA) is 86.2 Å². The first-order valence-corrected chi connectivity index (χ1v) is 2.19. The molecule has 0 aromatic rings. The zero-order valence-corrected chi connectivity index (χ0v) is 37.2. The second-order valence-electron chi connectivity index (χ2n) is 0.447. The third-order valence-corrected chi connectivity index (χ3v) is 0. The molecular formula is H3Cs3K3O4P. The van der Waals surface area contributed by atoms with E-state index in [1.54, 1.807) is 0 Å². The second-order valence-corrected chi connectivity index (χ2v) is 1.34. The van der Waals surface area contributed by atoms with E-state index in [9.17, 15) is 0 Å². The number of hydrogen-bond donors (Lipinski definition) is 0. The minimum atomic E-state index is -5.39. The van der Waals surface area contributed by atoms with Crippen LogP contribution in [0.15, 0.2) is 0 Å². The first-order chi connectivity index (χ1) is 2.00. The van der Waals surface area contributed by atoms with Gasteiger partial charge in [-0.1, -0.05) is 0 Å². The fourth-order valence-corrected chi connectivity index (χ4v) is 0. The minimum Gasteiger partial charge on any atom is -1.00 e. The van der Waals surface area contributed by atoms with Crippen molar-refractivity contribution in [1.29, 1.82) is 0 Å². The molecule has 0 atom stereocenters. The Bertz CT molecular complexity index is 77.2. The monoisotopic (exact) mass is 614 g/mol. The Kier molecular flexibility index (Phi) is 115. The summed E-state index contributed by atoms with van der Waals surface area (Å²) < 4.78 is 8.55. The van der Waals surface area contributed by atoms with Gasteiger partial charge >= 0.3 is 361 Å². The van der Waals surface area contributed by atoms with Crippen LogP contribution in [0.3, 0.4) is 0 Å². The molecule has 0 N–H and O–H groups in total. The van der Waals surface area contributed by atoms with Crippen molar-refractivity contribution in [1.82, 2.24) is 0 Å². The summed E-state index contributed by atoms with van der Waals surface area (Å²) in [5.74, 6) is 0. The molecule has 11 heavy (non-hydrogen) atoms. The smallest absolute Gasteiger partial charge is 1.00 e. The Morgan fingerprint density at radius 2 is 0.818 bits per heavy atom. The molecule has 0 heterocycles. The van der Waals surface area contributed by atoms with Crippen LogP contribution in [0.4, 0.5) is 0 Å². The van der Waals surface area contributed by atoms with Crippen molar-refractivity contribution in [2.45, 2.75) is 0 Å². The fraction of sp³-hybridized carbons (Fsp3) is 0. The van der Waals surface area contributed by atoms with Crippen LogP contribution in [-0.2, 0) is 4.57 Å². The quantitative estimate of drug-likeness (QED) is 0.201. The molecule has 0 bridgehead atoms.